The Hall–Kier alpha value is -2.16. The van der Waals surface area contributed by atoms with Crippen LogP contribution < -0.4 is 5.32 Å². The lowest BCUT2D eigenvalue weighted by Crippen LogP contribution is -2.10. The second-order valence-electron chi connectivity index (χ2n) is 3.90. The molecule has 0 aliphatic carbocycles. The number of carbonyl (C=O) groups is 1. The molecule has 0 spiro atoms. The van der Waals surface area contributed by atoms with Crippen LogP contribution in [0.25, 0.3) is 0 Å². The zero-order valence-electron chi connectivity index (χ0n) is 10.5. The highest BCUT2D eigenvalue weighted by molar-refractivity contribution is 7.12. The molecule has 2 N–H and O–H groups in total. The van der Waals surface area contributed by atoms with Gasteiger partial charge in [0.2, 0.25) is 0 Å². The number of benzene rings is 1. The van der Waals surface area contributed by atoms with Crippen molar-refractivity contribution in [3.8, 4) is 11.8 Å². The van der Waals surface area contributed by atoms with Gasteiger partial charge in [-0.05, 0) is 29.6 Å². The van der Waals surface area contributed by atoms with Crippen LogP contribution in [0.1, 0.15) is 21.7 Å². The number of aliphatic hydroxyl groups excluding tert-OH is 1. The van der Waals surface area contributed by atoms with Crippen molar-refractivity contribution in [1.82, 2.24) is 0 Å². The minimum atomic E-state index is -0.501. The van der Waals surface area contributed by atoms with Crippen LogP contribution in [0.15, 0.2) is 35.7 Å². The van der Waals surface area contributed by atoms with Gasteiger partial charge in [-0.3, -0.25) is 4.79 Å². The Kier molecular flexibility index (Phi) is 4.88. The summed E-state index contributed by atoms with van der Waals surface area (Å²) in [5, 5.41) is 13.0. The molecule has 3 nitrogen and oxygen atoms in total. The third-order valence-electron chi connectivity index (χ3n) is 2.43. The maximum Gasteiger partial charge on any atom is 0.265 e. The molecule has 0 aliphatic heterocycles. The lowest BCUT2D eigenvalue weighted by atomic mass is 10.2. The van der Waals surface area contributed by atoms with Crippen LogP contribution in [-0.2, 0) is 0 Å². The molecule has 102 valence electrons. The van der Waals surface area contributed by atoms with Crippen LogP contribution in [0, 0.1) is 17.7 Å². The molecule has 1 heterocycles. The molecule has 0 aliphatic rings. The number of thiophene rings is 1. The van der Waals surface area contributed by atoms with Gasteiger partial charge in [0.15, 0.2) is 0 Å². The maximum absolute atomic E-state index is 13.8. The Morgan fingerprint density at radius 1 is 1.40 bits per heavy atom. The Morgan fingerprint density at radius 2 is 2.25 bits per heavy atom. The van der Waals surface area contributed by atoms with E-state index in [-0.39, 0.29) is 18.1 Å². The standard InChI is InChI=1S/C15H12FNO2S/c16-13-10-12(7-6-11(13)4-1-2-8-18)17-15(19)14-5-3-9-20-14/h3,5-7,9-10,18H,2,8H2,(H,17,19). The third-order valence-corrected chi connectivity index (χ3v) is 3.30. The molecule has 0 radical (unpaired) electrons. The molecular formula is C15H12FNO2S. The number of amides is 1. The van der Waals surface area contributed by atoms with Gasteiger partial charge < -0.3 is 10.4 Å². The van der Waals surface area contributed by atoms with E-state index in [4.69, 9.17) is 5.11 Å². The molecule has 1 aromatic carbocycles. The number of anilines is 1. The summed E-state index contributed by atoms with van der Waals surface area (Å²) < 4.78 is 13.8. The Bertz CT molecular complexity index is 656. The van der Waals surface area contributed by atoms with Gasteiger partial charge in [-0.2, -0.15) is 0 Å². The van der Waals surface area contributed by atoms with Crippen LogP contribution in [0.5, 0.6) is 0 Å². The van der Waals surface area contributed by atoms with Crippen LogP contribution in [0.2, 0.25) is 0 Å². The fourth-order valence-corrected chi connectivity index (χ4v) is 2.13. The first-order chi connectivity index (χ1) is 9.70. The molecule has 0 fully saturated rings. The summed E-state index contributed by atoms with van der Waals surface area (Å²) in [4.78, 5) is 12.4. The van der Waals surface area contributed by atoms with Crippen molar-refractivity contribution in [2.75, 3.05) is 11.9 Å². The van der Waals surface area contributed by atoms with Crippen molar-refractivity contribution in [2.24, 2.45) is 0 Å². The van der Waals surface area contributed by atoms with Crippen LogP contribution >= 0.6 is 11.3 Å². The number of hydrogen-bond acceptors (Lipinski definition) is 3. The summed E-state index contributed by atoms with van der Waals surface area (Å²) in [6.45, 7) is -0.0520. The molecule has 2 rings (SSSR count). The van der Waals surface area contributed by atoms with Gasteiger partial charge in [0, 0.05) is 12.1 Å². The summed E-state index contributed by atoms with van der Waals surface area (Å²) in [6, 6.07) is 7.81. The third kappa shape index (κ3) is 3.67. The summed E-state index contributed by atoms with van der Waals surface area (Å²) in [7, 11) is 0. The minimum absolute atomic E-state index is 0.0520. The van der Waals surface area contributed by atoms with E-state index in [1.54, 1.807) is 23.6 Å². The first kappa shape index (κ1) is 14.3. The molecule has 0 atom stereocenters. The summed E-state index contributed by atoms with van der Waals surface area (Å²) in [5.41, 5.74) is 0.626. The van der Waals surface area contributed by atoms with Gasteiger partial charge in [0.05, 0.1) is 17.0 Å². The number of nitrogens with one attached hydrogen (secondary N) is 1. The van der Waals surface area contributed by atoms with E-state index >= 15 is 0 Å². The zero-order chi connectivity index (χ0) is 14.4. The molecule has 0 saturated heterocycles. The van der Waals surface area contributed by atoms with Gasteiger partial charge in [0.25, 0.3) is 5.91 Å². The smallest absolute Gasteiger partial charge is 0.265 e. The fraction of sp³-hybridized carbons (Fsp3) is 0.133. The summed E-state index contributed by atoms with van der Waals surface area (Å²) >= 11 is 1.32. The first-order valence-electron chi connectivity index (χ1n) is 5.95. The van der Waals surface area contributed by atoms with Crippen molar-refractivity contribution in [3.63, 3.8) is 0 Å². The first-order valence-corrected chi connectivity index (χ1v) is 6.83. The van der Waals surface area contributed by atoms with E-state index in [1.165, 1.54) is 23.5 Å². The maximum atomic E-state index is 13.8. The number of carbonyl (C=O) groups excluding carboxylic acids is 1. The van der Waals surface area contributed by atoms with Gasteiger partial charge in [0.1, 0.15) is 5.82 Å². The summed E-state index contributed by atoms with van der Waals surface area (Å²) in [6.07, 6.45) is 0.302. The van der Waals surface area contributed by atoms with E-state index in [9.17, 15) is 9.18 Å². The van der Waals surface area contributed by atoms with Crippen LogP contribution in [0.4, 0.5) is 10.1 Å². The lowest BCUT2D eigenvalue weighted by molar-refractivity contribution is 0.103. The predicted molar refractivity (Wildman–Crippen MR) is 77.3 cm³/mol. The average molecular weight is 289 g/mol. The normalized spacial score (nSPS) is 9.70. The van der Waals surface area contributed by atoms with Crippen molar-refractivity contribution < 1.29 is 14.3 Å². The van der Waals surface area contributed by atoms with E-state index in [0.29, 0.717) is 17.0 Å². The van der Waals surface area contributed by atoms with Crippen molar-refractivity contribution in [2.45, 2.75) is 6.42 Å². The van der Waals surface area contributed by atoms with E-state index < -0.39 is 5.82 Å². The zero-order valence-corrected chi connectivity index (χ0v) is 11.3. The molecule has 20 heavy (non-hydrogen) atoms. The largest absolute Gasteiger partial charge is 0.395 e. The number of hydrogen-bond donors (Lipinski definition) is 2. The van der Waals surface area contributed by atoms with Crippen LogP contribution in [-0.4, -0.2) is 17.6 Å². The Morgan fingerprint density at radius 3 is 2.90 bits per heavy atom. The predicted octanol–water partition coefficient (Wildman–Crippen LogP) is 2.87. The molecule has 2 aromatic rings. The van der Waals surface area contributed by atoms with Gasteiger partial charge >= 0.3 is 0 Å². The Labute approximate surface area is 120 Å². The second-order valence-corrected chi connectivity index (χ2v) is 4.85. The monoisotopic (exact) mass is 289 g/mol. The number of aliphatic hydroxyl groups is 1. The van der Waals surface area contributed by atoms with Gasteiger partial charge in [-0.1, -0.05) is 17.9 Å². The number of rotatable bonds is 3. The quantitative estimate of drug-likeness (QED) is 0.854. The Balaban J connectivity index is 2.10. The second kappa shape index (κ2) is 6.85. The molecule has 1 aromatic heterocycles. The van der Waals surface area contributed by atoms with Gasteiger partial charge in [-0.15, -0.1) is 11.3 Å². The SMILES string of the molecule is O=C(Nc1ccc(C#CCCO)c(F)c1)c1cccs1. The average Bonchev–Trinajstić information content (AvgIpc) is 2.95. The lowest BCUT2D eigenvalue weighted by Gasteiger charge is -2.04. The minimum Gasteiger partial charge on any atom is -0.395 e. The highest BCUT2D eigenvalue weighted by atomic mass is 32.1. The van der Waals surface area contributed by atoms with E-state index in [1.807, 2.05) is 0 Å². The van der Waals surface area contributed by atoms with Crippen molar-refractivity contribution in [1.29, 1.82) is 0 Å². The number of halogens is 1. The fourth-order valence-electron chi connectivity index (χ4n) is 1.51. The van der Waals surface area contributed by atoms with Crippen LogP contribution in [0.3, 0.4) is 0 Å². The summed E-state index contributed by atoms with van der Waals surface area (Å²) in [5.74, 6) is 4.51. The highest BCUT2D eigenvalue weighted by Gasteiger charge is 2.08. The van der Waals surface area contributed by atoms with Gasteiger partial charge in [-0.25, -0.2) is 4.39 Å². The topological polar surface area (TPSA) is 49.3 Å². The molecule has 5 heteroatoms. The molecule has 1 amide bonds. The van der Waals surface area contributed by atoms with E-state index in [2.05, 4.69) is 17.2 Å². The molecular weight excluding hydrogens is 277 g/mol. The molecule has 0 bridgehead atoms. The van der Waals surface area contributed by atoms with E-state index in [0.717, 1.165) is 0 Å². The molecule has 0 saturated carbocycles. The highest BCUT2D eigenvalue weighted by Crippen LogP contribution is 2.16. The van der Waals surface area contributed by atoms with Crippen molar-refractivity contribution in [3.05, 3.63) is 52.0 Å². The molecule has 0 unspecified atom stereocenters. The van der Waals surface area contributed by atoms with Crippen molar-refractivity contribution >= 4 is 22.9 Å².